The number of aliphatic hydroxyl groups is 1. The number of nitrogens with zero attached hydrogens (tertiary/aromatic N) is 2. The Morgan fingerprint density at radius 1 is 1.41 bits per heavy atom. The highest BCUT2D eigenvalue weighted by Gasteiger charge is 2.24. The van der Waals surface area contributed by atoms with Crippen LogP contribution >= 0.6 is 0 Å². The molecule has 6 nitrogen and oxygen atoms in total. The molecule has 0 aliphatic rings. The summed E-state index contributed by atoms with van der Waals surface area (Å²) in [6.45, 7) is 5.03. The van der Waals surface area contributed by atoms with E-state index < -0.39 is 0 Å². The molecular weight excluding hydrogens is 282 g/mol. The SMILES string of the molecule is COCC(C)(CCO)NCc1nc(-c2cccc(C)c2)no1. The van der Waals surface area contributed by atoms with Crippen LogP contribution in [0.1, 0.15) is 24.8 Å². The molecule has 0 aliphatic heterocycles. The Morgan fingerprint density at radius 3 is 2.91 bits per heavy atom. The van der Waals surface area contributed by atoms with E-state index in [-0.39, 0.29) is 12.1 Å². The van der Waals surface area contributed by atoms with E-state index in [4.69, 9.17) is 14.4 Å². The maximum atomic E-state index is 9.16. The van der Waals surface area contributed by atoms with Crippen molar-refractivity contribution in [3.05, 3.63) is 35.7 Å². The van der Waals surface area contributed by atoms with Gasteiger partial charge in [0.15, 0.2) is 0 Å². The normalized spacial score (nSPS) is 14.0. The van der Waals surface area contributed by atoms with Gasteiger partial charge in [-0.05, 0) is 26.3 Å². The van der Waals surface area contributed by atoms with Gasteiger partial charge in [-0.3, -0.25) is 0 Å². The smallest absolute Gasteiger partial charge is 0.240 e. The second-order valence-electron chi connectivity index (χ2n) is 5.70. The number of hydrogen-bond acceptors (Lipinski definition) is 6. The topological polar surface area (TPSA) is 80.4 Å². The molecule has 120 valence electrons. The summed E-state index contributed by atoms with van der Waals surface area (Å²) in [7, 11) is 1.64. The van der Waals surface area contributed by atoms with Crippen LogP contribution in [0, 0.1) is 6.92 Å². The molecule has 0 aliphatic carbocycles. The summed E-state index contributed by atoms with van der Waals surface area (Å²) >= 11 is 0. The maximum absolute atomic E-state index is 9.16. The van der Waals surface area contributed by atoms with Crippen molar-refractivity contribution in [2.24, 2.45) is 0 Å². The molecule has 0 amide bonds. The van der Waals surface area contributed by atoms with E-state index in [2.05, 4.69) is 15.5 Å². The van der Waals surface area contributed by atoms with Gasteiger partial charge in [-0.1, -0.05) is 28.9 Å². The van der Waals surface area contributed by atoms with Crippen LogP contribution in [0.5, 0.6) is 0 Å². The van der Waals surface area contributed by atoms with Crippen LogP contribution in [0.25, 0.3) is 11.4 Å². The van der Waals surface area contributed by atoms with Crippen molar-refractivity contribution >= 4 is 0 Å². The second-order valence-corrected chi connectivity index (χ2v) is 5.70. The number of benzene rings is 1. The number of aryl methyl sites for hydroxylation is 1. The largest absolute Gasteiger partial charge is 0.396 e. The first-order valence-electron chi connectivity index (χ1n) is 7.31. The third-order valence-corrected chi connectivity index (χ3v) is 3.54. The summed E-state index contributed by atoms with van der Waals surface area (Å²) in [5.41, 5.74) is 1.75. The molecule has 0 saturated carbocycles. The van der Waals surface area contributed by atoms with Gasteiger partial charge < -0.3 is 19.7 Å². The lowest BCUT2D eigenvalue weighted by Crippen LogP contribution is -2.46. The molecule has 2 aromatic rings. The number of rotatable bonds is 8. The average Bonchev–Trinajstić information content (AvgIpc) is 2.95. The molecule has 1 heterocycles. The number of aromatic nitrogens is 2. The van der Waals surface area contributed by atoms with E-state index in [1.54, 1.807) is 7.11 Å². The Bertz CT molecular complexity index is 592. The lowest BCUT2D eigenvalue weighted by molar-refractivity contribution is 0.0948. The van der Waals surface area contributed by atoms with Gasteiger partial charge in [-0.15, -0.1) is 0 Å². The van der Waals surface area contributed by atoms with Crippen molar-refractivity contribution in [1.29, 1.82) is 0 Å². The van der Waals surface area contributed by atoms with Crippen LogP contribution in [0.4, 0.5) is 0 Å². The Labute approximate surface area is 130 Å². The van der Waals surface area contributed by atoms with Gasteiger partial charge in [0.05, 0.1) is 13.2 Å². The van der Waals surface area contributed by atoms with Gasteiger partial charge in [0.25, 0.3) is 0 Å². The number of methoxy groups -OCH3 is 1. The fourth-order valence-electron chi connectivity index (χ4n) is 2.29. The zero-order valence-electron chi connectivity index (χ0n) is 13.3. The summed E-state index contributed by atoms with van der Waals surface area (Å²) in [6, 6.07) is 7.96. The fraction of sp³-hybridized carbons (Fsp3) is 0.500. The highest BCUT2D eigenvalue weighted by atomic mass is 16.5. The lowest BCUT2D eigenvalue weighted by atomic mass is 9.99. The molecular formula is C16H23N3O3. The highest BCUT2D eigenvalue weighted by molar-refractivity contribution is 5.55. The molecule has 0 bridgehead atoms. The van der Waals surface area contributed by atoms with Crippen molar-refractivity contribution in [3.8, 4) is 11.4 Å². The molecule has 0 radical (unpaired) electrons. The van der Waals surface area contributed by atoms with Crippen molar-refractivity contribution in [2.45, 2.75) is 32.4 Å². The third kappa shape index (κ3) is 4.37. The molecule has 0 saturated heterocycles. The maximum Gasteiger partial charge on any atom is 0.240 e. The van der Waals surface area contributed by atoms with Crippen molar-refractivity contribution < 1.29 is 14.4 Å². The van der Waals surface area contributed by atoms with Gasteiger partial charge in [0, 0.05) is 24.8 Å². The summed E-state index contributed by atoms with van der Waals surface area (Å²) in [6.07, 6.45) is 0.583. The van der Waals surface area contributed by atoms with Crippen LogP contribution in [-0.4, -0.2) is 41.1 Å². The van der Waals surface area contributed by atoms with Crippen LogP contribution < -0.4 is 5.32 Å². The van der Waals surface area contributed by atoms with Gasteiger partial charge >= 0.3 is 0 Å². The molecule has 2 rings (SSSR count). The predicted molar refractivity (Wildman–Crippen MR) is 83.3 cm³/mol. The van der Waals surface area contributed by atoms with Crippen LogP contribution in [-0.2, 0) is 11.3 Å². The van der Waals surface area contributed by atoms with Crippen molar-refractivity contribution in [3.63, 3.8) is 0 Å². The quantitative estimate of drug-likeness (QED) is 0.775. The lowest BCUT2D eigenvalue weighted by Gasteiger charge is -2.28. The summed E-state index contributed by atoms with van der Waals surface area (Å²) in [5, 5.41) is 16.5. The molecule has 22 heavy (non-hydrogen) atoms. The highest BCUT2D eigenvalue weighted by Crippen LogP contribution is 2.17. The first-order chi connectivity index (χ1) is 10.6. The first kappa shape index (κ1) is 16.6. The average molecular weight is 305 g/mol. The number of hydrogen-bond donors (Lipinski definition) is 2. The molecule has 1 aromatic heterocycles. The minimum atomic E-state index is -0.332. The second kappa shape index (κ2) is 7.49. The van der Waals surface area contributed by atoms with E-state index in [9.17, 15) is 0 Å². The molecule has 2 N–H and O–H groups in total. The Hall–Kier alpha value is -1.76. The van der Waals surface area contributed by atoms with Crippen molar-refractivity contribution in [2.75, 3.05) is 20.3 Å². The molecule has 1 aromatic carbocycles. The minimum absolute atomic E-state index is 0.0885. The Morgan fingerprint density at radius 2 is 2.23 bits per heavy atom. The van der Waals surface area contributed by atoms with E-state index in [0.717, 1.165) is 11.1 Å². The Kier molecular flexibility index (Phi) is 5.65. The Balaban J connectivity index is 2.03. The summed E-state index contributed by atoms with van der Waals surface area (Å²) < 4.78 is 10.5. The van der Waals surface area contributed by atoms with Gasteiger partial charge in [0.2, 0.25) is 11.7 Å². The number of nitrogens with one attached hydrogen (secondary N) is 1. The van der Waals surface area contributed by atoms with E-state index in [1.165, 1.54) is 0 Å². The molecule has 0 fully saturated rings. The molecule has 0 spiro atoms. The van der Waals surface area contributed by atoms with Gasteiger partial charge in [-0.2, -0.15) is 4.98 Å². The van der Waals surface area contributed by atoms with Gasteiger partial charge in [0.1, 0.15) is 0 Å². The standard InChI is InChI=1S/C16H23N3O3/c1-12-5-4-6-13(9-12)15-18-14(22-19-15)10-17-16(2,7-8-20)11-21-3/h4-6,9,17,20H,7-8,10-11H2,1-3H3. The number of aliphatic hydroxyl groups excluding tert-OH is 1. The summed E-state index contributed by atoms with van der Waals surface area (Å²) in [5.74, 6) is 1.09. The first-order valence-corrected chi connectivity index (χ1v) is 7.31. The monoisotopic (exact) mass is 305 g/mol. The van der Waals surface area contributed by atoms with E-state index >= 15 is 0 Å². The third-order valence-electron chi connectivity index (χ3n) is 3.54. The van der Waals surface area contributed by atoms with Crippen LogP contribution in [0.2, 0.25) is 0 Å². The van der Waals surface area contributed by atoms with E-state index in [1.807, 2.05) is 38.1 Å². The number of ether oxygens (including phenoxy) is 1. The molecule has 1 atom stereocenters. The zero-order chi connectivity index (χ0) is 16.0. The zero-order valence-corrected chi connectivity index (χ0v) is 13.3. The summed E-state index contributed by atoms with van der Waals surface area (Å²) in [4.78, 5) is 4.40. The van der Waals surface area contributed by atoms with E-state index in [0.29, 0.717) is 31.3 Å². The molecule has 1 unspecified atom stereocenters. The van der Waals surface area contributed by atoms with Crippen LogP contribution in [0.15, 0.2) is 28.8 Å². The predicted octanol–water partition coefficient (Wildman–Crippen LogP) is 1.92. The van der Waals surface area contributed by atoms with Gasteiger partial charge in [-0.25, -0.2) is 0 Å². The van der Waals surface area contributed by atoms with Crippen LogP contribution in [0.3, 0.4) is 0 Å². The minimum Gasteiger partial charge on any atom is -0.396 e. The van der Waals surface area contributed by atoms with Crippen molar-refractivity contribution in [1.82, 2.24) is 15.5 Å². The molecule has 6 heteroatoms. The fourth-order valence-corrected chi connectivity index (χ4v) is 2.29.